The van der Waals surface area contributed by atoms with Crippen LogP contribution in [0.15, 0.2) is 24.4 Å². The third-order valence-corrected chi connectivity index (χ3v) is 6.32. The number of hydrogen-bond donors (Lipinski definition) is 3. The van der Waals surface area contributed by atoms with Gasteiger partial charge in [-0.2, -0.15) is 10.4 Å². The van der Waals surface area contributed by atoms with Gasteiger partial charge in [-0.3, -0.25) is 15.0 Å². The van der Waals surface area contributed by atoms with E-state index in [9.17, 15) is 4.39 Å². The molecule has 8 nitrogen and oxygen atoms in total. The van der Waals surface area contributed by atoms with E-state index < -0.39 is 0 Å². The van der Waals surface area contributed by atoms with Gasteiger partial charge in [0.2, 0.25) is 0 Å². The molecule has 2 fully saturated rings. The number of aromatic amines is 1. The van der Waals surface area contributed by atoms with E-state index in [2.05, 4.69) is 36.8 Å². The molecule has 160 valence electrons. The van der Waals surface area contributed by atoms with E-state index in [1.165, 1.54) is 25.1 Å². The molecule has 0 aromatic carbocycles. The molecule has 0 saturated carbocycles. The second-order valence-electron chi connectivity index (χ2n) is 8.48. The molecule has 9 heteroatoms. The van der Waals surface area contributed by atoms with Crippen molar-refractivity contribution in [2.45, 2.75) is 57.2 Å². The van der Waals surface area contributed by atoms with Gasteiger partial charge in [-0.15, -0.1) is 0 Å². The van der Waals surface area contributed by atoms with E-state index in [4.69, 9.17) is 10.2 Å². The Balaban J connectivity index is 1.41. The quantitative estimate of drug-likeness (QED) is 0.556. The van der Waals surface area contributed by atoms with Crippen LogP contribution in [-0.2, 0) is 0 Å². The number of piperidine rings is 1. The molecule has 2 saturated heterocycles. The fraction of sp³-hybridized carbons (Fsp3) is 0.455. The number of halogens is 1. The number of nitrogens with zero attached hydrogens (tertiary/aromatic N) is 5. The summed E-state index contributed by atoms with van der Waals surface area (Å²) in [7, 11) is 0. The summed E-state index contributed by atoms with van der Waals surface area (Å²) in [5.74, 6) is 1.53. The van der Waals surface area contributed by atoms with Crippen LogP contribution in [0.1, 0.15) is 37.8 Å². The summed E-state index contributed by atoms with van der Waals surface area (Å²) in [4.78, 5) is 11.5. The number of aryl methyl sites for hydroxylation is 1. The first kappa shape index (κ1) is 19.7. The molecule has 0 unspecified atom stereocenters. The van der Waals surface area contributed by atoms with Gasteiger partial charge in [0.25, 0.3) is 0 Å². The van der Waals surface area contributed by atoms with Gasteiger partial charge in [-0.25, -0.2) is 9.37 Å². The van der Waals surface area contributed by atoms with Crippen LogP contribution in [-0.4, -0.2) is 49.7 Å². The average molecular weight is 420 g/mol. The van der Waals surface area contributed by atoms with Gasteiger partial charge >= 0.3 is 0 Å². The van der Waals surface area contributed by atoms with Crippen molar-refractivity contribution in [1.29, 1.82) is 5.26 Å². The Morgan fingerprint density at radius 3 is 2.74 bits per heavy atom. The molecule has 5 rings (SSSR count). The van der Waals surface area contributed by atoms with Crippen molar-refractivity contribution in [3.63, 3.8) is 0 Å². The van der Waals surface area contributed by atoms with Crippen molar-refractivity contribution in [3.05, 3.63) is 35.9 Å². The van der Waals surface area contributed by atoms with Crippen LogP contribution >= 0.6 is 0 Å². The molecule has 2 bridgehead atoms. The van der Waals surface area contributed by atoms with Gasteiger partial charge in [0, 0.05) is 54.3 Å². The van der Waals surface area contributed by atoms with Gasteiger partial charge in [-0.1, -0.05) is 0 Å². The minimum absolute atomic E-state index is 0.248. The summed E-state index contributed by atoms with van der Waals surface area (Å²) >= 11 is 0. The van der Waals surface area contributed by atoms with Crippen molar-refractivity contribution in [2.24, 2.45) is 0 Å². The Hall–Kier alpha value is -3.25. The molecule has 0 spiro atoms. The summed E-state index contributed by atoms with van der Waals surface area (Å²) in [6.45, 7) is 2.78. The van der Waals surface area contributed by atoms with E-state index in [-0.39, 0.29) is 11.9 Å². The van der Waals surface area contributed by atoms with Crippen molar-refractivity contribution in [1.82, 2.24) is 25.1 Å². The minimum atomic E-state index is -0.382. The lowest BCUT2D eigenvalue weighted by Crippen LogP contribution is -2.47. The molecule has 31 heavy (non-hydrogen) atoms. The molecular formula is C22H25FN8. The monoisotopic (exact) mass is 420 g/mol. The Labute approximate surface area is 179 Å². The average Bonchev–Trinajstić information content (AvgIpc) is 3.25. The second kappa shape index (κ2) is 8.12. The van der Waals surface area contributed by atoms with Crippen LogP contribution in [0.2, 0.25) is 0 Å². The molecule has 3 atom stereocenters. The van der Waals surface area contributed by atoms with Crippen LogP contribution in [0, 0.1) is 24.1 Å². The highest BCUT2D eigenvalue weighted by molar-refractivity contribution is 5.91. The van der Waals surface area contributed by atoms with E-state index >= 15 is 0 Å². The number of hydrogen-bond acceptors (Lipinski definition) is 7. The summed E-state index contributed by atoms with van der Waals surface area (Å²) in [5.41, 5.74) is 1.61. The topological polar surface area (TPSA) is 106 Å². The second-order valence-corrected chi connectivity index (χ2v) is 8.48. The van der Waals surface area contributed by atoms with Crippen LogP contribution in [0.3, 0.4) is 0 Å². The first-order valence-corrected chi connectivity index (χ1v) is 10.7. The molecule has 0 amide bonds. The lowest BCUT2D eigenvalue weighted by Gasteiger charge is -2.39. The Kier molecular flexibility index (Phi) is 5.16. The van der Waals surface area contributed by atoms with Gasteiger partial charge in [0.05, 0.1) is 17.8 Å². The van der Waals surface area contributed by atoms with E-state index in [0.29, 0.717) is 46.9 Å². The first-order valence-electron chi connectivity index (χ1n) is 10.7. The molecular weight excluding hydrogens is 395 g/mol. The number of rotatable bonds is 6. The number of nitrogens with one attached hydrogen (secondary N) is 3. The SMILES string of the molecule is Cc1cc(Nc2cc3ncc(F)cc3c(N[C@@H]3C[C@H]4CC[C@@H](C3)N4CCC#N)n2)n[nH]1. The summed E-state index contributed by atoms with van der Waals surface area (Å²) in [6.07, 6.45) is 6.11. The molecule has 3 aromatic rings. The highest BCUT2D eigenvalue weighted by Gasteiger charge is 2.40. The predicted molar refractivity (Wildman–Crippen MR) is 116 cm³/mol. The summed E-state index contributed by atoms with van der Waals surface area (Å²) in [6, 6.07) is 8.66. The van der Waals surface area contributed by atoms with Crippen molar-refractivity contribution >= 4 is 28.4 Å². The fourth-order valence-corrected chi connectivity index (χ4v) is 5.01. The summed E-state index contributed by atoms with van der Waals surface area (Å²) < 4.78 is 14.0. The Morgan fingerprint density at radius 1 is 1.23 bits per heavy atom. The third kappa shape index (κ3) is 4.03. The maximum Gasteiger partial charge on any atom is 0.153 e. The number of H-pyrrole nitrogens is 1. The number of anilines is 3. The van der Waals surface area contributed by atoms with Crippen LogP contribution in [0.5, 0.6) is 0 Å². The Bertz CT molecular complexity index is 1120. The first-order chi connectivity index (χ1) is 15.1. The van der Waals surface area contributed by atoms with E-state index in [1.54, 1.807) is 6.07 Å². The van der Waals surface area contributed by atoms with Gasteiger partial charge < -0.3 is 10.6 Å². The number of pyridine rings is 2. The molecule has 5 heterocycles. The number of aromatic nitrogens is 4. The third-order valence-electron chi connectivity index (χ3n) is 6.32. The standard InChI is InChI=1S/C22H25FN8/c1-13-7-21(30-29-13)27-20-11-19-18(8-14(23)12-25-19)22(28-20)26-15-9-16-3-4-17(10-15)31(16)6-2-5-24/h7-8,11-12,15-17H,2-4,6,9-10H2,1H3,(H3,26,27,28,29,30)/t15-,16-,17+. The Morgan fingerprint density at radius 2 is 2.03 bits per heavy atom. The van der Waals surface area contributed by atoms with E-state index in [1.807, 2.05) is 13.0 Å². The maximum absolute atomic E-state index is 14.0. The van der Waals surface area contributed by atoms with Crippen molar-refractivity contribution in [2.75, 3.05) is 17.2 Å². The predicted octanol–water partition coefficient (Wildman–Crippen LogP) is 3.87. The highest BCUT2D eigenvalue weighted by atomic mass is 19.1. The van der Waals surface area contributed by atoms with Crippen LogP contribution < -0.4 is 10.6 Å². The molecule has 0 aliphatic carbocycles. The van der Waals surface area contributed by atoms with Crippen LogP contribution in [0.25, 0.3) is 10.9 Å². The molecule has 3 aromatic heterocycles. The van der Waals surface area contributed by atoms with Gasteiger partial charge in [-0.05, 0) is 38.7 Å². The summed E-state index contributed by atoms with van der Waals surface area (Å²) in [5, 5.41) is 23.5. The maximum atomic E-state index is 14.0. The highest BCUT2D eigenvalue weighted by Crippen LogP contribution is 2.37. The zero-order valence-electron chi connectivity index (χ0n) is 17.4. The lowest BCUT2D eigenvalue weighted by molar-refractivity contribution is 0.136. The molecule has 2 aliphatic rings. The molecule has 0 radical (unpaired) electrons. The zero-order valence-corrected chi connectivity index (χ0v) is 17.4. The zero-order chi connectivity index (χ0) is 21.4. The minimum Gasteiger partial charge on any atom is -0.367 e. The normalized spacial score (nSPS) is 23.1. The lowest BCUT2D eigenvalue weighted by atomic mass is 9.97. The van der Waals surface area contributed by atoms with E-state index in [0.717, 1.165) is 25.1 Å². The fourth-order valence-electron chi connectivity index (χ4n) is 5.01. The molecule has 3 N–H and O–H groups in total. The number of fused-ring (bicyclic) bond motifs is 3. The van der Waals surface area contributed by atoms with Crippen molar-refractivity contribution in [3.8, 4) is 6.07 Å². The largest absolute Gasteiger partial charge is 0.367 e. The molecule has 2 aliphatic heterocycles. The van der Waals surface area contributed by atoms with Gasteiger partial charge in [0.1, 0.15) is 17.5 Å². The smallest absolute Gasteiger partial charge is 0.153 e. The van der Waals surface area contributed by atoms with Gasteiger partial charge in [0.15, 0.2) is 5.82 Å². The number of nitriles is 1. The van der Waals surface area contributed by atoms with Crippen LogP contribution in [0.4, 0.5) is 21.8 Å². The van der Waals surface area contributed by atoms with Crippen molar-refractivity contribution < 1.29 is 4.39 Å².